The van der Waals surface area contributed by atoms with Gasteiger partial charge < -0.3 is 4.42 Å². The van der Waals surface area contributed by atoms with Crippen molar-refractivity contribution in [3.63, 3.8) is 0 Å². The number of hydrogen-bond donors (Lipinski definition) is 0. The van der Waals surface area contributed by atoms with Gasteiger partial charge in [-0.05, 0) is 25.0 Å². The normalized spacial score (nSPS) is 10.7. The maximum atomic E-state index is 5.61. The molecule has 0 atom stereocenters. The Morgan fingerprint density at radius 2 is 1.94 bits per heavy atom. The lowest BCUT2D eigenvalue weighted by Crippen LogP contribution is -1.81. The summed E-state index contributed by atoms with van der Waals surface area (Å²) in [5, 5.41) is 0. The predicted octanol–water partition coefficient (Wildman–Crippen LogP) is 4.99. The minimum absolute atomic E-state index is 1.06. The third-order valence-corrected chi connectivity index (χ3v) is 3.03. The van der Waals surface area contributed by atoms with Gasteiger partial charge in [0.1, 0.15) is 5.76 Å². The molecule has 0 amide bonds. The monoisotopic (exact) mass is 228 g/mol. The van der Waals surface area contributed by atoms with E-state index >= 15 is 0 Å². The minimum atomic E-state index is 1.06. The first kappa shape index (κ1) is 12.0. The molecule has 0 unspecified atom stereocenters. The van der Waals surface area contributed by atoms with Crippen LogP contribution in [0, 0.1) is 6.92 Å². The molecule has 1 nitrogen and oxygen atoms in total. The van der Waals surface area contributed by atoms with Crippen LogP contribution in [-0.2, 0) is 6.42 Å². The lowest BCUT2D eigenvalue weighted by molar-refractivity contribution is 0.497. The summed E-state index contributed by atoms with van der Waals surface area (Å²) in [5.74, 6) is 1.11. The number of unbranched alkanes of at least 4 members (excludes halogenated alkanes) is 2. The first-order valence-corrected chi connectivity index (χ1v) is 6.44. The van der Waals surface area contributed by atoms with Crippen molar-refractivity contribution in [3.05, 3.63) is 47.9 Å². The smallest absolute Gasteiger partial charge is 0.104 e. The van der Waals surface area contributed by atoms with Crippen molar-refractivity contribution < 1.29 is 4.42 Å². The molecule has 0 saturated heterocycles. The molecule has 2 rings (SSSR count). The maximum Gasteiger partial charge on any atom is 0.104 e. The molecule has 2 aromatic rings. The second-order valence-corrected chi connectivity index (χ2v) is 4.63. The highest BCUT2D eigenvalue weighted by atomic mass is 16.3. The Morgan fingerprint density at radius 1 is 1.06 bits per heavy atom. The molecule has 0 aliphatic carbocycles. The summed E-state index contributed by atoms with van der Waals surface area (Å²) in [6, 6.07) is 10.7. The summed E-state index contributed by atoms with van der Waals surface area (Å²) in [7, 11) is 0. The summed E-state index contributed by atoms with van der Waals surface area (Å²) in [5.41, 5.74) is 3.73. The van der Waals surface area contributed by atoms with Crippen LogP contribution in [0.3, 0.4) is 0 Å². The Bertz CT molecular complexity index is 468. The molecule has 0 saturated carbocycles. The molecule has 1 heterocycles. The third-order valence-electron chi connectivity index (χ3n) is 3.03. The van der Waals surface area contributed by atoms with E-state index in [1.807, 2.05) is 6.26 Å². The van der Waals surface area contributed by atoms with E-state index in [0.717, 1.165) is 12.2 Å². The van der Waals surface area contributed by atoms with E-state index in [-0.39, 0.29) is 0 Å². The van der Waals surface area contributed by atoms with Crippen molar-refractivity contribution >= 4 is 0 Å². The average Bonchev–Trinajstić information content (AvgIpc) is 2.78. The van der Waals surface area contributed by atoms with Gasteiger partial charge in [0.15, 0.2) is 0 Å². The highest BCUT2D eigenvalue weighted by Crippen LogP contribution is 2.23. The van der Waals surface area contributed by atoms with Crippen LogP contribution in [0.15, 0.2) is 41.0 Å². The van der Waals surface area contributed by atoms with Crippen LogP contribution in [0.25, 0.3) is 11.1 Å². The second-order valence-electron chi connectivity index (χ2n) is 4.63. The first-order chi connectivity index (χ1) is 8.29. The van der Waals surface area contributed by atoms with Crippen LogP contribution in [-0.4, -0.2) is 0 Å². The molecule has 90 valence electrons. The summed E-state index contributed by atoms with van der Waals surface area (Å²) in [6.07, 6.45) is 6.68. The first-order valence-electron chi connectivity index (χ1n) is 6.44. The zero-order chi connectivity index (χ0) is 12.1. The Morgan fingerprint density at radius 3 is 2.71 bits per heavy atom. The number of rotatable bonds is 5. The van der Waals surface area contributed by atoms with Crippen molar-refractivity contribution in [2.45, 2.75) is 39.5 Å². The fraction of sp³-hybridized carbons (Fsp3) is 0.375. The summed E-state index contributed by atoms with van der Waals surface area (Å²) >= 11 is 0. The summed E-state index contributed by atoms with van der Waals surface area (Å²) in [4.78, 5) is 0. The molecule has 1 heteroatoms. The molecule has 1 aromatic carbocycles. The van der Waals surface area contributed by atoms with Crippen molar-refractivity contribution in [2.24, 2.45) is 0 Å². The quantitative estimate of drug-likeness (QED) is 0.657. The highest BCUT2D eigenvalue weighted by Gasteiger charge is 2.04. The van der Waals surface area contributed by atoms with E-state index in [1.165, 1.54) is 36.0 Å². The van der Waals surface area contributed by atoms with Gasteiger partial charge in [-0.1, -0.05) is 49.6 Å². The van der Waals surface area contributed by atoms with E-state index in [2.05, 4.69) is 44.2 Å². The van der Waals surface area contributed by atoms with Gasteiger partial charge in [0.25, 0.3) is 0 Å². The van der Waals surface area contributed by atoms with Crippen molar-refractivity contribution in [3.8, 4) is 11.1 Å². The largest absolute Gasteiger partial charge is 0.469 e. The topological polar surface area (TPSA) is 13.1 Å². The summed E-state index contributed by atoms with van der Waals surface area (Å²) in [6.45, 7) is 4.34. The molecule has 1 aromatic heterocycles. The van der Waals surface area contributed by atoms with Crippen LogP contribution in [0.2, 0.25) is 0 Å². The lowest BCUT2D eigenvalue weighted by atomic mass is 10.1. The molecule has 0 spiro atoms. The van der Waals surface area contributed by atoms with Gasteiger partial charge in [-0.15, -0.1) is 0 Å². The molecule has 0 fully saturated rings. The summed E-state index contributed by atoms with van der Waals surface area (Å²) < 4.78 is 5.61. The van der Waals surface area contributed by atoms with E-state index < -0.39 is 0 Å². The van der Waals surface area contributed by atoms with Crippen LogP contribution < -0.4 is 0 Å². The van der Waals surface area contributed by atoms with Crippen molar-refractivity contribution in [2.75, 3.05) is 0 Å². The Balaban J connectivity index is 2.07. The van der Waals surface area contributed by atoms with Gasteiger partial charge in [-0.2, -0.15) is 0 Å². The molecule has 0 N–H and O–H groups in total. The van der Waals surface area contributed by atoms with Crippen LogP contribution in [0.1, 0.15) is 37.5 Å². The van der Waals surface area contributed by atoms with Gasteiger partial charge in [0.05, 0.1) is 6.26 Å². The van der Waals surface area contributed by atoms with Crippen LogP contribution in [0.5, 0.6) is 0 Å². The Hall–Kier alpha value is -1.50. The molecule has 0 aliphatic rings. The molecule has 17 heavy (non-hydrogen) atoms. The molecular formula is C16H20O. The molecule has 0 aliphatic heterocycles. The van der Waals surface area contributed by atoms with Crippen LogP contribution >= 0.6 is 0 Å². The second kappa shape index (κ2) is 5.72. The zero-order valence-electron chi connectivity index (χ0n) is 10.7. The number of hydrogen-bond acceptors (Lipinski definition) is 1. The average molecular weight is 228 g/mol. The fourth-order valence-electron chi connectivity index (χ4n) is 2.04. The minimum Gasteiger partial charge on any atom is -0.469 e. The van der Waals surface area contributed by atoms with Gasteiger partial charge >= 0.3 is 0 Å². The van der Waals surface area contributed by atoms with E-state index in [9.17, 15) is 0 Å². The number of benzene rings is 1. The maximum absolute atomic E-state index is 5.61. The lowest BCUT2D eigenvalue weighted by Gasteiger charge is -1.97. The molecule has 0 bridgehead atoms. The van der Waals surface area contributed by atoms with Crippen molar-refractivity contribution in [1.82, 2.24) is 0 Å². The number of furan rings is 1. The van der Waals surface area contributed by atoms with Crippen LogP contribution in [0.4, 0.5) is 0 Å². The Kier molecular flexibility index (Phi) is 4.03. The van der Waals surface area contributed by atoms with Crippen molar-refractivity contribution in [1.29, 1.82) is 0 Å². The Labute approximate surface area is 103 Å². The molecule has 0 radical (unpaired) electrons. The fourth-order valence-corrected chi connectivity index (χ4v) is 2.04. The third kappa shape index (κ3) is 3.23. The van der Waals surface area contributed by atoms with E-state index in [0.29, 0.717) is 0 Å². The van der Waals surface area contributed by atoms with Gasteiger partial charge in [0.2, 0.25) is 0 Å². The molecular weight excluding hydrogens is 208 g/mol. The predicted molar refractivity (Wildman–Crippen MR) is 72.1 cm³/mol. The van der Waals surface area contributed by atoms with Gasteiger partial charge in [-0.25, -0.2) is 0 Å². The zero-order valence-corrected chi connectivity index (χ0v) is 10.7. The van der Waals surface area contributed by atoms with Gasteiger partial charge in [0, 0.05) is 12.0 Å². The highest BCUT2D eigenvalue weighted by molar-refractivity contribution is 5.63. The van der Waals surface area contributed by atoms with E-state index in [1.54, 1.807) is 0 Å². The SMILES string of the molecule is CCCCCc1cc(-c2cccc(C)c2)co1. The van der Waals surface area contributed by atoms with E-state index in [4.69, 9.17) is 4.42 Å². The standard InChI is InChI=1S/C16H20O/c1-3-4-5-9-16-11-15(12-17-16)14-8-6-7-13(2)10-14/h6-8,10-12H,3-5,9H2,1-2H3. The number of aryl methyl sites for hydroxylation is 2. The van der Waals surface area contributed by atoms with Gasteiger partial charge in [-0.3, -0.25) is 0 Å².